The molecule has 8 bridgehead atoms. The summed E-state index contributed by atoms with van der Waals surface area (Å²) in [6, 6.07) is 58.2. The molecule has 0 aliphatic carbocycles. The second-order valence-corrected chi connectivity index (χ2v) is 33.7. The maximum Gasteiger partial charge on any atom is 0.119 e. The number of benzene rings is 4. The normalized spacial score (nSPS) is 14.3. The van der Waals surface area contributed by atoms with Gasteiger partial charge in [-0.25, -0.2) is 0 Å². The number of hydrogen-bond acceptors (Lipinski definition) is 0. The summed E-state index contributed by atoms with van der Waals surface area (Å²) in [5.41, 5.74) is 15.5. The van der Waals surface area contributed by atoms with Crippen LogP contribution in [0.5, 0.6) is 0 Å². The summed E-state index contributed by atoms with van der Waals surface area (Å²) >= 11 is 0. The minimum atomic E-state index is -2.10. The second-order valence-electron chi connectivity index (χ2n) is 25.2. The second kappa shape index (κ2) is 27.5. The molecule has 0 saturated carbocycles. The molecule has 428 valence electrons. The van der Waals surface area contributed by atoms with E-state index in [9.17, 15) is 0 Å². The van der Waals surface area contributed by atoms with Gasteiger partial charge in [0.2, 0.25) is 0 Å². The van der Waals surface area contributed by atoms with E-state index in [0.717, 1.165) is 44.2 Å². The zero-order chi connectivity index (χ0) is 56.1. The summed E-state index contributed by atoms with van der Waals surface area (Å²) < 4.78 is 0. The van der Waals surface area contributed by atoms with Crippen LogP contribution >= 0.6 is 0 Å². The molecule has 4 N–H and O–H groups in total. The predicted molar refractivity (Wildman–Crippen MR) is 359 cm³/mol. The third-order valence-electron chi connectivity index (χ3n) is 19.5. The maximum atomic E-state index is 3.98. The highest BCUT2D eigenvalue weighted by Crippen LogP contribution is 2.39. The van der Waals surface area contributed by atoms with Gasteiger partial charge in [-0.15, -0.1) is 0 Å². The number of aromatic amines is 4. The van der Waals surface area contributed by atoms with Crippen molar-refractivity contribution in [2.24, 2.45) is 0 Å². The van der Waals surface area contributed by atoms with Gasteiger partial charge in [0.25, 0.3) is 0 Å². The Morgan fingerprint density at radius 2 is 0.634 bits per heavy atom. The van der Waals surface area contributed by atoms with E-state index in [-0.39, 0.29) is 0 Å². The van der Waals surface area contributed by atoms with Crippen molar-refractivity contribution in [3.8, 4) is 22.3 Å². The summed E-state index contributed by atoms with van der Waals surface area (Å²) in [7, 11) is -4.20. The monoisotopic (exact) mass is 1120 g/mol. The van der Waals surface area contributed by atoms with Crippen LogP contribution in [0.4, 0.5) is 0 Å². The molecule has 4 nitrogen and oxygen atoms in total. The van der Waals surface area contributed by atoms with Crippen molar-refractivity contribution < 1.29 is 0 Å². The van der Waals surface area contributed by atoms with E-state index in [1.54, 1.807) is 20.7 Å². The molecule has 3 aliphatic heterocycles. The quantitative estimate of drug-likeness (QED) is 0.0256. The Morgan fingerprint density at radius 1 is 0.293 bits per heavy atom. The van der Waals surface area contributed by atoms with Gasteiger partial charge >= 0.3 is 0 Å². The Bertz CT molecular complexity index is 3380. The van der Waals surface area contributed by atoms with Crippen molar-refractivity contribution in [1.29, 1.82) is 0 Å². The lowest BCUT2D eigenvalue weighted by Gasteiger charge is -2.31. The standard InChI is InChI=1S/C76H96N4Si2/c1-5-9-13-17-21-29-49-81(50-30-22-18-14-10-6-2)71-35-27-25-33-63(71)65-43-37-57(53-73(65)81)75-67-45-39-59(77-67)55-61-41-47-69(79-61)76(70-48-42-62(80-70)56-60-40-46-68(75)78-60)58-38-44-66-64-34-26-28-36-72(64)82(74(66)54-58,51-31-23-19-15-11-7-3)52-32-24-20-16-12-8-4/h25-28,33-48,53-56,77-80H,5-24,29-32,49-52H2,1-4H3. The molecule has 6 heteroatoms. The molecule has 4 aromatic heterocycles. The molecule has 4 aromatic carbocycles. The van der Waals surface area contributed by atoms with Crippen molar-refractivity contribution >= 4 is 60.2 Å². The third-order valence-corrected chi connectivity index (χ3v) is 30.1. The average Bonchev–Trinajstić information content (AvgIpc) is 4.48. The van der Waals surface area contributed by atoms with Gasteiger partial charge in [-0.1, -0.05) is 267 Å². The molecule has 82 heavy (non-hydrogen) atoms. The fourth-order valence-corrected chi connectivity index (χ4v) is 26.5. The molecular weight excluding hydrogens is 1030 g/mol. The van der Waals surface area contributed by atoms with E-state index in [1.165, 1.54) is 223 Å². The Balaban J connectivity index is 0.986. The van der Waals surface area contributed by atoms with Gasteiger partial charge in [-0.2, -0.15) is 0 Å². The van der Waals surface area contributed by atoms with Crippen LogP contribution in [0.1, 0.15) is 216 Å². The Morgan fingerprint density at radius 3 is 1.01 bits per heavy atom. The molecule has 0 spiro atoms. The molecule has 0 fully saturated rings. The van der Waals surface area contributed by atoms with Crippen molar-refractivity contribution in [3.05, 3.63) is 189 Å². The Hall–Kier alpha value is -6.09. The minimum Gasteiger partial charge on any atom is -0.355 e. The van der Waals surface area contributed by atoms with Crippen LogP contribution in [-0.2, 0) is 0 Å². The van der Waals surface area contributed by atoms with Crippen molar-refractivity contribution in [3.63, 3.8) is 0 Å². The number of unbranched alkanes of at least 4 members (excludes halogenated alkanes) is 20. The first-order chi connectivity index (χ1) is 40.5. The summed E-state index contributed by atoms with van der Waals surface area (Å²) in [4.78, 5) is 15.9. The molecule has 11 rings (SSSR count). The van der Waals surface area contributed by atoms with Crippen LogP contribution in [0.2, 0.25) is 24.2 Å². The average molecular weight is 1120 g/mol. The van der Waals surface area contributed by atoms with Crippen LogP contribution in [0.3, 0.4) is 0 Å². The Labute approximate surface area is 494 Å². The number of aromatic nitrogens is 4. The number of nitrogens with one attached hydrogen (secondary N) is 4. The molecule has 7 heterocycles. The molecule has 8 aromatic rings. The van der Waals surface area contributed by atoms with Gasteiger partial charge in [0.1, 0.15) is 16.1 Å². The lowest BCUT2D eigenvalue weighted by atomic mass is 9.98. The summed E-state index contributed by atoms with van der Waals surface area (Å²) in [6.45, 7) is 9.34. The van der Waals surface area contributed by atoms with Gasteiger partial charge in [0, 0.05) is 55.3 Å². The highest BCUT2D eigenvalue weighted by atomic mass is 28.3. The zero-order valence-corrected chi connectivity index (χ0v) is 52.7. The molecule has 0 saturated heterocycles. The molecule has 0 unspecified atom stereocenters. The number of fused-ring (bicyclic) bond motifs is 14. The topological polar surface area (TPSA) is 63.2 Å². The molecule has 3 aliphatic rings. The minimum absolute atomic E-state index is 1.09. The third kappa shape index (κ3) is 12.4. The number of rotatable bonds is 30. The van der Waals surface area contributed by atoms with Crippen LogP contribution < -0.4 is 42.1 Å². The SMILES string of the molecule is CCCCCCCC[Si]1(CCCCCCCC)c2ccccc2-c2ccc(C3=c4ccc([nH]4)=Cc4ccc([nH]4)C(c4ccc5c(c4)[Si](CCCCCCCC)(CCCCCCCC)c4ccccc4-5)=c4ccc([nH]4)=Cc4ccc3[nH]4)cc21. The highest BCUT2D eigenvalue weighted by Gasteiger charge is 2.46. The van der Waals surface area contributed by atoms with Crippen LogP contribution in [0.25, 0.3) is 45.6 Å². The first-order valence-electron chi connectivity index (χ1n) is 33.2. The lowest BCUT2D eigenvalue weighted by molar-refractivity contribution is 0.616. The predicted octanol–water partition coefficient (Wildman–Crippen LogP) is 16.0. The number of hydrogen-bond donors (Lipinski definition) is 4. The fraction of sp³-hybridized carbons (Fsp3) is 0.421. The zero-order valence-electron chi connectivity index (χ0n) is 50.7. The number of H-pyrrole nitrogens is 4. The Kier molecular flexibility index (Phi) is 19.4. The largest absolute Gasteiger partial charge is 0.355 e. The van der Waals surface area contributed by atoms with Crippen LogP contribution in [-0.4, -0.2) is 36.1 Å². The van der Waals surface area contributed by atoms with Crippen LogP contribution in [0.15, 0.2) is 133 Å². The van der Waals surface area contributed by atoms with Gasteiger partial charge < -0.3 is 19.9 Å². The first-order valence-corrected chi connectivity index (χ1v) is 38.0. The van der Waals surface area contributed by atoms with Gasteiger partial charge in [0.15, 0.2) is 0 Å². The van der Waals surface area contributed by atoms with Crippen molar-refractivity contribution in [2.75, 3.05) is 0 Å². The van der Waals surface area contributed by atoms with Crippen molar-refractivity contribution in [1.82, 2.24) is 19.9 Å². The van der Waals surface area contributed by atoms with E-state index in [4.69, 9.17) is 0 Å². The van der Waals surface area contributed by atoms with E-state index in [1.807, 2.05) is 0 Å². The first kappa shape index (κ1) is 57.7. The molecular formula is C76H96N4Si2. The van der Waals surface area contributed by atoms with E-state index in [0.29, 0.717) is 0 Å². The smallest absolute Gasteiger partial charge is 0.119 e. The lowest BCUT2D eigenvalue weighted by Crippen LogP contribution is -2.55. The van der Waals surface area contributed by atoms with Gasteiger partial charge in [0.05, 0.1) is 0 Å². The van der Waals surface area contributed by atoms with Gasteiger partial charge in [-0.3, -0.25) is 0 Å². The molecule has 0 atom stereocenters. The van der Waals surface area contributed by atoms with E-state index < -0.39 is 16.1 Å². The maximum absolute atomic E-state index is 3.98. The van der Waals surface area contributed by atoms with Gasteiger partial charge in [-0.05, 0) is 139 Å². The molecule has 0 amide bonds. The van der Waals surface area contributed by atoms with E-state index >= 15 is 0 Å². The van der Waals surface area contributed by atoms with Crippen molar-refractivity contribution in [2.45, 2.75) is 206 Å². The fourth-order valence-electron chi connectivity index (χ4n) is 15.2. The highest BCUT2D eigenvalue weighted by molar-refractivity contribution is 7.06. The van der Waals surface area contributed by atoms with Crippen LogP contribution in [0, 0.1) is 0 Å². The van der Waals surface area contributed by atoms with E-state index in [2.05, 4.69) is 193 Å². The summed E-state index contributed by atoms with van der Waals surface area (Å²) in [5.74, 6) is 0. The summed E-state index contributed by atoms with van der Waals surface area (Å²) in [5, 5.41) is 11.2. The summed E-state index contributed by atoms with van der Waals surface area (Å²) in [6.07, 6.45) is 36.8. The molecule has 0 radical (unpaired) electrons.